The minimum absolute atomic E-state index is 0.00863. The molecule has 0 aliphatic rings. The van der Waals surface area contributed by atoms with Gasteiger partial charge in [-0.15, -0.1) is 0 Å². The van der Waals surface area contributed by atoms with E-state index in [1.807, 2.05) is 0 Å². The first-order valence-corrected chi connectivity index (χ1v) is 8.29. The lowest BCUT2D eigenvalue weighted by Crippen LogP contribution is -2.04. The van der Waals surface area contributed by atoms with Crippen molar-refractivity contribution in [2.24, 2.45) is 0 Å². The lowest BCUT2D eigenvalue weighted by Gasteiger charge is -2.11. The molecule has 0 saturated heterocycles. The van der Waals surface area contributed by atoms with Gasteiger partial charge in [-0.3, -0.25) is 0 Å². The van der Waals surface area contributed by atoms with Gasteiger partial charge in [0.1, 0.15) is 29.4 Å². The first-order chi connectivity index (χ1) is 10.3. The van der Waals surface area contributed by atoms with Crippen LogP contribution in [0.15, 0.2) is 29.4 Å². The van der Waals surface area contributed by atoms with E-state index in [-0.39, 0.29) is 28.0 Å². The van der Waals surface area contributed by atoms with Crippen molar-refractivity contribution in [1.29, 1.82) is 0 Å². The molecule has 0 bridgehead atoms. The number of rotatable bonds is 5. The van der Waals surface area contributed by atoms with Gasteiger partial charge in [0, 0.05) is 18.2 Å². The molecule has 116 valence electrons. The van der Waals surface area contributed by atoms with E-state index in [4.69, 9.17) is 11.6 Å². The van der Waals surface area contributed by atoms with Crippen molar-refractivity contribution in [3.8, 4) is 0 Å². The molecule has 9 heteroatoms. The molecule has 2 aromatic rings. The standard InChI is InChI=1S/C13H11ClFN3O3S/c1-22(20,21)8-2-3-11(10(15)6-8)18-13-9(4-5-19)12(14)16-7-17-13/h2-3,5-7H,4H2,1H3,(H,16,17,18). The Morgan fingerprint density at radius 1 is 1.36 bits per heavy atom. The summed E-state index contributed by atoms with van der Waals surface area (Å²) in [6.45, 7) is 0. The molecule has 0 atom stereocenters. The molecule has 2 rings (SSSR count). The number of nitrogens with one attached hydrogen (secondary N) is 1. The predicted octanol–water partition coefficient (Wildman–Crippen LogP) is 2.16. The average molecular weight is 344 g/mol. The Labute approximate surface area is 131 Å². The summed E-state index contributed by atoms with van der Waals surface area (Å²) in [6.07, 6.45) is 2.74. The number of aromatic nitrogens is 2. The van der Waals surface area contributed by atoms with Crippen molar-refractivity contribution >= 4 is 39.2 Å². The molecule has 0 amide bonds. The predicted molar refractivity (Wildman–Crippen MR) is 79.6 cm³/mol. The van der Waals surface area contributed by atoms with Gasteiger partial charge in [0.15, 0.2) is 9.84 Å². The number of carbonyl (C=O) groups is 1. The molecule has 0 saturated carbocycles. The van der Waals surface area contributed by atoms with Gasteiger partial charge in [-0.25, -0.2) is 22.8 Å². The maximum atomic E-state index is 14.0. The van der Waals surface area contributed by atoms with E-state index >= 15 is 0 Å². The van der Waals surface area contributed by atoms with Gasteiger partial charge in [-0.05, 0) is 18.2 Å². The van der Waals surface area contributed by atoms with Crippen LogP contribution < -0.4 is 5.32 Å². The molecular formula is C13H11ClFN3O3S. The minimum atomic E-state index is -3.50. The number of benzene rings is 1. The van der Waals surface area contributed by atoms with E-state index in [9.17, 15) is 17.6 Å². The van der Waals surface area contributed by atoms with Gasteiger partial charge < -0.3 is 10.1 Å². The summed E-state index contributed by atoms with van der Waals surface area (Å²) >= 11 is 5.88. The lowest BCUT2D eigenvalue weighted by atomic mass is 10.2. The van der Waals surface area contributed by atoms with Crippen LogP contribution >= 0.6 is 11.6 Å². The Kier molecular flexibility index (Phi) is 4.72. The molecule has 0 aliphatic carbocycles. The summed E-state index contributed by atoms with van der Waals surface area (Å²) in [5, 5.41) is 2.76. The Balaban J connectivity index is 2.40. The molecule has 0 aliphatic heterocycles. The summed E-state index contributed by atoms with van der Waals surface area (Å²) in [5.74, 6) is -0.590. The smallest absolute Gasteiger partial charge is 0.175 e. The topological polar surface area (TPSA) is 89.0 Å². The van der Waals surface area contributed by atoms with Crippen LogP contribution in [0.1, 0.15) is 5.56 Å². The average Bonchev–Trinajstić information content (AvgIpc) is 2.43. The summed E-state index contributed by atoms with van der Waals surface area (Å²) in [6, 6.07) is 3.44. The van der Waals surface area contributed by atoms with Crippen LogP contribution in [0.25, 0.3) is 0 Å². The van der Waals surface area contributed by atoms with E-state index in [1.165, 1.54) is 18.5 Å². The third-order valence-corrected chi connectivity index (χ3v) is 4.24. The number of anilines is 2. The van der Waals surface area contributed by atoms with Gasteiger partial charge in [-0.1, -0.05) is 11.6 Å². The second-order valence-electron chi connectivity index (χ2n) is 4.40. The van der Waals surface area contributed by atoms with Crippen LogP contribution in [0, 0.1) is 5.82 Å². The molecule has 0 unspecified atom stereocenters. The monoisotopic (exact) mass is 343 g/mol. The fourth-order valence-corrected chi connectivity index (χ4v) is 2.56. The van der Waals surface area contributed by atoms with E-state index in [0.717, 1.165) is 12.3 Å². The highest BCUT2D eigenvalue weighted by Crippen LogP contribution is 2.26. The second kappa shape index (κ2) is 6.37. The fourth-order valence-electron chi connectivity index (χ4n) is 1.72. The molecule has 1 aromatic carbocycles. The Bertz CT molecular complexity index is 827. The molecule has 0 fully saturated rings. The van der Waals surface area contributed by atoms with Crippen molar-refractivity contribution in [1.82, 2.24) is 9.97 Å². The van der Waals surface area contributed by atoms with Crippen LogP contribution in [-0.2, 0) is 21.1 Å². The molecule has 0 radical (unpaired) electrons. The number of hydrogen-bond acceptors (Lipinski definition) is 6. The highest BCUT2D eigenvalue weighted by molar-refractivity contribution is 7.90. The Hall–Kier alpha value is -2.06. The number of aldehydes is 1. The van der Waals surface area contributed by atoms with Gasteiger partial charge >= 0.3 is 0 Å². The highest BCUT2D eigenvalue weighted by atomic mass is 35.5. The van der Waals surface area contributed by atoms with Crippen molar-refractivity contribution in [2.75, 3.05) is 11.6 Å². The van der Waals surface area contributed by atoms with Crippen LogP contribution in [0.5, 0.6) is 0 Å². The molecule has 1 heterocycles. The Morgan fingerprint density at radius 3 is 2.68 bits per heavy atom. The van der Waals surface area contributed by atoms with Crippen molar-refractivity contribution in [2.45, 2.75) is 11.3 Å². The van der Waals surface area contributed by atoms with Crippen molar-refractivity contribution < 1.29 is 17.6 Å². The van der Waals surface area contributed by atoms with Crippen LogP contribution in [0.4, 0.5) is 15.9 Å². The van der Waals surface area contributed by atoms with Crippen LogP contribution in [0.3, 0.4) is 0 Å². The van der Waals surface area contributed by atoms with E-state index in [0.29, 0.717) is 11.8 Å². The molecule has 22 heavy (non-hydrogen) atoms. The number of hydrogen-bond donors (Lipinski definition) is 1. The van der Waals surface area contributed by atoms with Gasteiger partial charge in [-0.2, -0.15) is 0 Å². The minimum Gasteiger partial charge on any atom is -0.337 e. The molecular weight excluding hydrogens is 333 g/mol. The third-order valence-electron chi connectivity index (χ3n) is 2.80. The number of nitrogens with zero attached hydrogens (tertiary/aromatic N) is 2. The zero-order valence-electron chi connectivity index (χ0n) is 11.4. The summed E-state index contributed by atoms with van der Waals surface area (Å²) in [5.41, 5.74) is 0.333. The maximum Gasteiger partial charge on any atom is 0.175 e. The zero-order chi connectivity index (χ0) is 16.3. The highest BCUT2D eigenvalue weighted by Gasteiger charge is 2.14. The van der Waals surface area contributed by atoms with Crippen molar-refractivity contribution in [3.05, 3.63) is 41.1 Å². The quantitative estimate of drug-likeness (QED) is 0.661. The number of carbonyl (C=O) groups excluding carboxylic acids is 1. The summed E-state index contributed by atoms with van der Waals surface area (Å²) in [7, 11) is -3.50. The number of sulfone groups is 1. The van der Waals surface area contributed by atoms with Gasteiger partial charge in [0.25, 0.3) is 0 Å². The van der Waals surface area contributed by atoms with Crippen LogP contribution in [0.2, 0.25) is 5.15 Å². The maximum absolute atomic E-state index is 14.0. The summed E-state index contributed by atoms with van der Waals surface area (Å²) in [4.78, 5) is 18.2. The molecule has 0 spiro atoms. The number of halogens is 2. The fraction of sp³-hybridized carbons (Fsp3) is 0.154. The first-order valence-electron chi connectivity index (χ1n) is 6.02. The van der Waals surface area contributed by atoms with E-state index in [2.05, 4.69) is 15.3 Å². The second-order valence-corrected chi connectivity index (χ2v) is 6.77. The SMILES string of the molecule is CS(=O)(=O)c1ccc(Nc2ncnc(Cl)c2CC=O)c(F)c1. The van der Waals surface area contributed by atoms with Crippen LogP contribution in [-0.4, -0.2) is 30.9 Å². The first kappa shape index (κ1) is 16.3. The van der Waals surface area contributed by atoms with Crippen molar-refractivity contribution in [3.63, 3.8) is 0 Å². The van der Waals surface area contributed by atoms with E-state index in [1.54, 1.807) is 0 Å². The lowest BCUT2D eigenvalue weighted by molar-refractivity contribution is -0.107. The third kappa shape index (κ3) is 3.58. The largest absolute Gasteiger partial charge is 0.337 e. The molecule has 1 N–H and O–H groups in total. The summed E-state index contributed by atoms with van der Waals surface area (Å²) < 4.78 is 36.8. The van der Waals surface area contributed by atoms with Gasteiger partial charge in [0.05, 0.1) is 10.6 Å². The normalized spacial score (nSPS) is 11.2. The molecule has 6 nitrogen and oxygen atoms in total. The molecule has 1 aromatic heterocycles. The van der Waals surface area contributed by atoms with E-state index < -0.39 is 15.7 Å². The zero-order valence-corrected chi connectivity index (χ0v) is 12.9. The Morgan fingerprint density at radius 2 is 2.09 bits per heavy atom. The van der Waals surface area contributed by atoms with Gasteiger partial charge in [0.2, 0.25) is 0 Å².